The first-order valence-electron chi connectivity index (χ1n) is 9.36. The average Bonchev–Trinajstić information content (AvgIpc) is 3.43. The van der Waals surface area contributed by atoms with E-state index in [0.29, 0.717) is 11.8 Å². The first-order chi connectivity index (χ1) is 11.7. The second-order valence-corrected chi connectivity index (χ2v) is 7.39. The van der Waals surface area contributed by atoms with Gasteiger partial charge in [-0.05, 0) is 56.6 Å². The minimum atomic E-state index is -0.324. The van der Waals surface area contributed by atoms with E-state index in [-0.39, 0.29) is 12.0 Å². The van der Waals surface area contributed by atoms with E-state index in [1.165, 1.54) is 31.2 Å². The molecule has 1 heterocycles. The Morgan fingerprint density at radius 3 is 2.79 bits per heavy atom. The van der Waals surface area contributed by atoms with Gasteiger partial charge in [0.15, 0.2) is 0 Å². The number of hydrogen-bond acceptors (Lipinski definition) is 3. The molecule has 2 aliphatic rings. The number of rotatable bonds is 8. The van der Waals surface area contributed by atoms with Crippen LogP contribution in [0.25, 0.3) is 0 Å². The molecule has 4 heteroatoms. The quantitative estimate of drug-likeness (QED) is 0.797. The monoisotopic (exact) mass is 330 g/mol. The van der Waals surface area contributed by atoms with Gasteiger partial charge in [-0.3, -0.25) is 9.69 Å². The lowest BCUT2D eigenvalue weighted by Gasteiger charge is -2.33. The van der Waals surface area contributed by atoms with E-state index < -0.39 is 0 Å². The van der Waals surface area contributed by atoms with Gasteiger partial charge in [-0.25, -0.2) is 0 Å². The van der Waals surface area contributed by atoms with E-state index in [1.54, 1.807) is 0 Å². The Balaban J connectivity index is 1.37. The van der Waals surface area contributed by atoms with E-state index in [9.17, 15) is 4.79 Å². The number of likely N-dealkylation sites (tertiary alicyclic amines) is 1. The molecule has 1 saturated heterocycles. The molecule has 0 bridgehead atoms. The van der Waals surface area contributed by atoms with Gasteiger partial charge < -0.3 is 10.1 Å². The molecule has 4 nitrogen and oxygen atoms in total. The fourth-order valence-electron chi connectivity index (χ4n) is 3.33. The molecule has 1 aliphatic carbocycles. The molecular weight excluding hydrogens is 300 g/mol. The Bertz CT molecular complexity index is 516. The highest BCUT2D eigenvalue weighted by molar-refractivity contribution is 5.80. The Morgan fingerprint density at radius 1 is 1.25 bits per heavy atom. The first kappa shape index (κ1) is 17.4. The van der Waals surface area contributed by atoms with Crippen LogP contribution in [0.3, 0.4) is 0 Å². The van der Waals surface area contributed by atoms with Crippen molar-refractivity contribution in [3.8, 4) is 0 Å². The van der Waals surface area contributed by atoms with Gasteiger partial charge in [0.25, 0.3) is 0 Å². The maximum atomic E-state index is 12.1. The summed E-state index contributed by atoms with van der Waals surface area (Å²) in [5.41, 5.74) is 1.37. The summed E-state index contributed by atoms with van der Waals surface area (Å²) >= 11 is 0. The third-order valence-corrected chi connectivity index (χ3v) is 5.07. The Labute approximate surface area is 145 Å². The van der Waals surface area contributed by atoms with E-state index in [0.717, 1.165) is 32.8 Å². The van der Waals surface area contributed by atoms with Crippen molar-refractivity contribution in [2.24, 2.45) is 11.8 Å². The fourth-order valence-corrected chi connectivity index (χ4v) is 3.33. The maximum absolute atomic E-state index is 12.1. The third kappa shape index (κ3) is 5.60. The molecule has 1 aliphatic heterocycles. The molecule has 0 radical (unpaired) electrons. The topological polar surface area (TPSA) is 41.6 Å². The molecule has 2 unspecified atom stereocenters. The normalized spacial score (nSPS) is 23.0. The van der Waals surface area contributed by atoms with Crippen LogP contribution < -0.4 is 5.32 Å². The standard InChI is InChI=1S/C20H30N2O2/c1-16(24-15-18-9-10-18)20(23)21-12-19-8-5-11-22(14-19)13-17-6-3-2-4-7-17/h2-4,6-7,16,18-19H,5,8-15H2,1H3,(H,21,23). The molecule has 0 spiro atoms. The summed E-state index contributed by atoms with van der Waals surface area (Å²) in [6.45, 7) is 6.59. The second-order valence-electron chi connectivity index (χ2n) is 7.39. The molecular formula is C20H30N2O2. The van der Waals surface area contributed by atoms with Crippen molar-refractivity contribution in [1.29, 1.82) is 0 Å². The van der Waals surface area contributed by atoms with E-state index in [1.807, 2.05) is 6.92 Å². The molecule has 2 fully saturated rings. The predicted molar refractivity (Wildman–Crippen MR) is 95.6 cm³/mol. The minimum Gasteiger partial charge on any atom is -0.368 e. The number of nitrogens with zero attached hydrogens (tertiary/aromatic N) is 1. The third-order valence-electron chi connectivity index (χ3n) is 5.07. The Hall–Kier alpha value is -1.39. The molecule has 1 aromatic rings. The number of piperidine rings is 1. The van der Waals surface area contributed by atoms with Crippen LogP contribution in [0.5, 0.6) is 0 Å². The van der Waals surface area contributed by atoms with Gasteiger partial charge in [-0.2, -0.15) is 0 Å². The van der Waals surface area contributed by atoms with E-state index in [2.05, 4.69) is 40.5 Å². The summed E-state index contributed by atoms with van der Waals surface area (Å²) in [5, 5.41) is 3.09. The van der Waals surface area contributed by atoms with Crippen LogP contribution in [-0.4, -0.2) is 43.2 Å². The van der Waals surface area contributed by atoms with Crippen LogP contribution in [0.2, 0.25) is 0 Å². The van der Waals surface area contributed by atoms with Crippen LogP contribution in [-0.2, 0) is 16.1 Å². The number of carbonyl (C=O) groups excluding carboxylic acids is 1. The van der Waals surface area contributed by atoms with Gasteiger partial charge in [0.1, 0.15) is 6.10 Å². The van der Waals surface area contributed by atoms with Gasteiger partial charge in [0.05, 0.1) is 6.61 Å². The van der Waals surface area contributed by atoms with Crippen LogP contribution >= 0.6 is 0 Å². The van der Waals surface area contributed by atoms with Crippen molar-refractivity contribution in [3.63, 3.8) is 0 Å². The highest BCUT2D eigenvalue weighted by Crippen LogP contribution is 2.29. The van der Waals surface area contributed by atoms with E-state index in [4.69, 9.17) is 4.74 Å². The number of hydrogen-bond donors (Lipinski definition) is 1. The van der Waals surface area contributed by atoms with Gasteiger partial charge >= 0.3 is 0 Å². The lowest BCUT2D eigenvalue weighted by molar-refractivity contribution is -0.132. The van der Waals surface area contributed by atoms with Crippen molar-refractivity contribution in [2.45, 2.75) is 45.3 Å². The van der Waals surface area contributed by atoms with Crippen molar-refractivity contribution in [2.75, 3.05) is 26.2 Å². The number of benzene rings is 1. The molecule has 3 rings (SSSR count). The Kier molecular flexibility index (Phi) is 6.27. The largest absolute Gasteiger partial charge is 0.368 e. The Morgan fingerprint density at radius 2 is 2.04 bits per heavy atom. The second kappa shape index (κ2) is 8.63. The van der Waals surface area contributed by atoms with Gasteiger partial charge in [-0.1, -0.05) is 30.3 Å². The lowest BCUT2D eigenvalue weighted by Crippen LogP contribution is -2.43. The van der Waals surface area contributed by atoms with Crippen molar-refractivity contribution in [1.82, 2.24) is 10.2 Å². The molecule has 2 atom stereocenters. The zero-order chi connectivity index (χ0) is 16.8. The number of nitrogens with one attached hydrogen (secondary N) is 1. The molecule has 132 valence electrons. The molecule has 1 saturated carbocycles. The molecule has 1 amide bonds. The van der Waals surface area contributed by atoms with Crippen LogP contribution in [0, 0.1) is 11.8 Å². The summed E-state index contributed by atoms with van der Waals surface area (Å²) < 4.78 is 5.65. The maximum Gasteiger partial charge on any atom is 0.248 e. The molecule has 1 N–H and O–H groups in total. The highest BCUT2D eigenvalue weighted by Gasteiger charge is 2.25. The summed E-state index contributed by atoms with van der Waals surface area (Å²) in [4.78, 5) is 14.6. The van der Waals surface area contributed by atoms with Crippen molar-refractivity contribution < 1.29 is 9.53 Å². The zero-order valence-corrected chi connectivity index (χ0v) is 14.7. The van der Waals surface area contributed by atoms with Gasteiger partial charge in [0, 0.05) is 19.6 Å². The van der Waals surface area contributed by atoms with E-state index >= 15 is 0 Å². The summed E-state index contributed by atoms with van der Waals surface area (Å²) in [6.07, 6.45) is 4.60. The summed E-state index contributed by atoms with van der Waals surface area (Å²) in [6, 6.07) is 10.6. The fraction of sp³-hybridized carbons (Fsp3) is 0.650. The molecule has 1 aromatic carbocycles. The average molecular weight is 330 g/mol. The predicted octanol–water partition coefficient (Wildman–Crippen LogP) is 2.83. The van der Waals surface area contributed by atoms with Crippen molar-refractivity contribution >= 4 is 5.91 Å². The number of ether oxygens (including phenoxy) is 1. The summed E-state index contributed by atoms with van der Waals surface area (Å²) in [5.74, 6) is 1.28. The highest BCUT2D eigenvalue weighted by atomic mass is 16.5. The van der Waals surface area contributed by atoms with Gasteiger partial charge in [-0.15, -0.1) is 0 Å². The van der Waals surface area contributed by atoms with Crippen LogP contribution in [0.15, 0.2) is 30.3 Å². The number of amides is 1. The number of carbonyl (C=O) groups is 1. The lowest BCUT2D eigenvalue weighted by atomic mass is 9.97. The molecule has 0 aromatic heterocycles. The molecule has 24 heavy (non-hydrogen) atoms. The summed E-state index contributed by atoms with van der Waals surface area (Å²) in [7, 11) is 0. The zero-order valence-electron chi connectivity index (χ0n) is 14.7. The van der Waals surface area contributed by atoms with Gasteiger partial charge in [0.2, 0.25) is 5.91 Å². The van der Waals surface area contributed by atoms with Crippen LogP contribution in [0.4, 0.5) is 0 Å². The smallest absolute Gasteiger partial charge is 0.248 e. The van der Waals surface area contributed by atoms with Crippen molar-refractivity contribution in [3.05, 3.63) is 35.9 Å². The SMILES string of the molecule is CC(OCC1CC1)C(=O)NCC1CCCN(Cc2ccccc2)C1. The minimum absolute atomic E-state index is 0.0378. The van der Waals surface area contributed by atoms with Crippen LogP contribution in [0.1, 0.15) is 38.2 Å². The first-order valence-corrected chi connectivity index (χ1v) is 9.36.